The number of halogens is 1. The number of hydrogen-bond acceptors (Lipinski definition) is 4. The lowest BCUT2D eigenvalue weighted by molar-refractivity contribution is -0.122. The van der Waals surface area contributed by atoms with Gasteiger partial charge in [0.05, 0.1) is 19.8 Å². The van der Waals surface area contributed by atoms with Gasteiger partial charge in [-0.15, -0.1) is 24.0 Å². The molecule has 1 atom stereocenters. The molecule has 2 aliphatic rings. The van der Waals surface area contributed by atoms with E-state index in [2.05, 4.69) is 34.7 Å². The van der Waals surface area contributed by atoms with Crippen molar-refractivity contribution in [3.63, 3.8) is 0 Å². The van der Waals surface area contributed by atoms with E-state index in [1.165, 1.54) is 0 Å². The van der Waals surface area contributed by atoms with Gasteiger partial charge in [-0.3, -0.25) is 9.69 Å². The van der Waals surface area contributed by atoms with Gasteiger partial charge in [-0.05, 0) is 44.4 Å². The van der Waals surface area contributed by atoms with E-state index in [-0.39, 0.29) is 35.8 Å². The zero-order chi connectivity index (χ0) is 20.5. The molecule has 1 aliphatic heterocycles. The Balaban J connectivity index is 0.00000320. The molecule has 0 radical (unpaired) electrons. The maximum Gasteiger partial charge on any atom is 0.227 e. The minimum atomic E-state index is 0. The van der Waals surface area contributed by atoms with Crippen molar-refractivity contribution in [3.8, 4) is 0 Å². The van der Waals surface area contributed by atoms with Crippen LogP contribution in [0.5, 0.6) is 0 Å². The lowest BCUT2D eigenvalue weighted by Crippen LogP contribution is -2.49. The number of aliphatic imine (C=N–C) groups is 1. The first-order chi connectivity index (χ1) is 14.2. The zero-order valence-corrected chi connectivity index (χ0v) is 20.5. The number of carbonyl (C=O) groups excluding carboxylic acids is 1. The topological polar surface area (TPSA) is 78.0 Å². The Morgan fingerprint density at radius 3 is 2.70 bits per heavy atom. The molecule has 7 nitrogen and oxygen atoms in total. The van der Waals surface area contributed by atoms with Crippen LogP contribution in [0.4, 0.5) is 5.69 Å². The first-order valence-corrected chi connectivity index (χ1v) is 10.9. The average molecular weight is 529 g/mol. The van der Waals surface area contributed by atoms with Crippen LogP contribution in [0.2, 0.25) is 0 Å². The molecule has 1 heterocycles. The second-order valence-corrected chi connectivity index (χ2v) is 7.89. The summed E-state index contributed by atoms with van der Waals surface area (Å²) in [7, 11) is 0. The summed E-state index contributed by atoms with van der Waals surface area (Å²) in [6.45, 7) is 10.1. The largest absolute Gasteiger partial charge is 0.379 e. The number of guanidine groups is 1. The van der Waals surface area contributed by atoms with Crippen LogP contribution < -0.4 is 16.0 Å². The first-order valence-electron chi connectivity index (χ1n) is 10.9. The molecule has 30 heavy (non-hydrogen) atoms. The van der Waals surface area contributed by atoms with Gasteiger partial charge in [0, 0.05) is 43.8 Å². The van der Waals surface area contributed by atoms with E-state index in [1.807, 2.05) is 24.3 Å². The van der Waals surface area contributed by atoms with E-state index in [9.17, 15) is 4.79 Å². The summed E-state index contributed by atoms with van der Waals surface area (Å²) in [5, 5.41) is 9.80. The number of morpholine rings is 1. The van der Waals surface area contributed by atoms with Gasteiger partial charge < -0.3 is 20.7 Å². The number of nitrogens with one attached hydrogen (secondary N) is 3. The first kappa shape index (κ1) is 24.9. The van der Waals surface area contributed by atoms with Crippen molar-refractivity contribution >= 4 is 41.5 Å². The molecule has 168 valence electrons. The van der Waals surface area contributed by atoms with Crippen molar-refractivity contribution < 1.29 is 9.53 Å². The van der Waals surface area contributed by atoms with Crippen molar-refractivity contribution in [1.82, 2.24) is 15.5 Å². The quantitative estimate of drug-likeness (QED) is 0.274. The standard InChI is InChI=1S/C22H35N5O2.HI/c1-3-23-22(24-15-17(2)27-10-12-29-13-11-27)25-16-18-6-4-9-20(14-18)26-21(28)19-7-5-8-19;/h4,6,9,14,17,19H,3,5,7-8,10-13,15-16H2,1-2H3,(H,26,28)(H2,23,24,25);1H. The molecule has 3 N–H and O–H groups in total. The summed E-state index contributed by atoms with van der Waals surface area (Å²) >= 11 is 0. The van der Waals surface area contributed by atoms with Crippen molar-refractivity contribution in [2.24, 2.45) is 10.9 Å². The van der Waals surface area contributed by atoms with E-state index in [0.29, 0.717) is 12.6 Å². The summed E-state index contributed by atoms with van der Waals surface area (Å²) in [4.78, 5) is 19.3. The van der Waals surface area contributed by atoms with Gasteiger partial charge in [-0.1, -0.05) is 18.6 Å². The Hall–Kier alpha value is -1.39. The molecule has 0 bridgehead atoms. The van der Waals surface area contributed by atoms with Gasteiger partial charge in [0.25, 0.3) is 0 Å². The van der Waals surface area contributed by atoms with Crippen molar-refractivity contribution in [2.75, 3.05) is 44.7 Å². The molecule has 2 fully saturated rings. The summed E-state index contributed by atoms with van der Waals surface area (Å²) < 4.78 is 5.43. The van der Waals surface area contributed by atoms with E-state index in [4.69, 9.17) is 9.73 Å². The van der Waals surface area contributed by atoms with Gasteiger partial charge in [0.15, 0.2) is 5.96 Å². The van der Waals surface area contributed by atoms with Gasteiger partial charge >= 0.3 is 0 Å². The van der Waals surface area contributed by atoms with E-state index in [1.54, 1.807) is 0 Å². The van der Waals surface area contributed by atoms with Crippen LogP contribution in [-0.4, -0.2) is 62.2 Å². The smallest absolute Gasteiger partial charge is 0.227 e. The van der Waals surface area contributed by atoms with Crippen LogP contribution in [0.1, 0.15) is 38.7 Å². The number of rotatable bonds is 8. The summed E-state index contributed by atoms with van der Waals surface area (Å²) in [5.74, 6) is 1.15. The van der Waals surface area contributed by atoms with Crippen molar-refractivity contribution in [2.45, 2.75) is 45.7 Å². The van der Waals surface area contributed by atoms with Crippen molar-refractivity contribution in [3.05, 3.63) is 29.8 Å². The minimum Gasteiger partial charge on any atom is -0.379 e. The van der Waals surface area contributed by atoms with Gasteiger partial charge in [-0.2, -0.15) is 0 Å². The Morgan fingerprint density at radius 2 is 2.03 bits per heavy atom. The molecule has 1 aliphatic carbocycles. The zero-order valence-electron chi connectivity index (χ0n) is 18.2. The van der Waals surface area contributed by atoms with Gasteiger partial charge in [0.2, 0.25) is 5.91 Å². The Labute approximate surface area is 197 Å². The van der Waals surface area contributed by atoms with Crippen LogP contribution in [-0.2, 0) is 16.1 Å². The number of nitrogens with zero attached hydrogens (tertiary/aromatic N) is 2. The molecule has 1 saturated heterocycles. The summed E-state index contributed by atoms with van der Waals surface area (Å²) in [5.41, 5.74) is 1.93. The Bertz CT molecular complexity index is 690. The van der Waals surface area contributed by atoms with E-state index < -0.39 is 0 Å². The number of benzene rings is 1. The number of amides is 1. The highest BCUT2D eigenvalue weighted by molar-refractivity contribution is 14.0. The summed E-state index contributed by atoms with van der Waals surface area (Å²) in [6.07, 6.45) is 3.18. The van der Waals surface area contributed by atoms with Crippen LogP contribution in [0.25, 0.3) is 0 Å². The van der Waals surface area contributed by atoms with Crippen LogP contribution in [0.3, 0.4) is 0 Å². The lowest BCUT2D eigenvalue weighted by atomic mass is 9.85. The molecule has 0 aromatic heterocycles. The SMILES string of the molecule is CCNC(=NCc1cccc(NC(=O)C2CCC2)c1)NCC(C)N1CCOCC1.I. The minimum absolute atomic E-state index is 0. The third-order valence-corrected chi connectivity index (χ3v) is 5.67. The number of carbonyl (C=O) groups is 1. The molecule has 1 unspecified atom stereocenters. The number of anilines is 1. The van der Waals surface area contributed by atoms with Crippen molar-refractivity contribution in [1.29, 1.82) is 0 Å². The second kappa shape index (κ2) is 13.1. The maximum atomic E-state index is 12.2. The molecule has 8 heteroatoms. The number of ether oxygens (including phenoxy) is 1. The number of hydrogen-bond donors (Lipinski definition) is 3. The molecular weight excluding hydrogens is 493 g/mol. The maximum absolute atomic E-state index is 12.2. The van der Waals surface area contributed by atoms with E-state index in [0.717, 1.165) is 75.9 Å². The van der Waals surface area contributed by atoms with Gasteiger partial charge in [0.1, 0.15) is 0 Å². The summed E-state index contributed by atoms with van der Waals surface area (Å²) in [6, 6.07) is 8.40. The monoisotopic (exact) mass is 529 g/mol. The molecule has 3 rings (SSSR count). The Morgan fingerprint density at radius 1 is 1.27 bits per heavy atom. The molecule has 1 aromatic carbocycles. The molecular formula is C22H36IN5O2. The predicted octanol–water partition coefficient (Wildman–Crippen LogP) is 2.82. The van der Waals surface area contributed by atoms with Crippen LogP contribution in [0.15, 0.2) is 29.3 Å². The average Bonchev–Trinajstić information content (AvgIpc) is 2.69. The highest BCUT2D eigenvalue weighted by Crippen LogP contribution is 2.27. The Kier molecular flexibility index (Phi) is 10.9. The van der Waals surface area contributed by atoms with Crippen LogP contribution >= 0.6 is 24.0 Å². The molecule has 1 aromatic rings. The lowest BCUT2D eigenvalue weighted by Gasteiger charge is -2.32. The van der Waals surface area contributed by atoms with Gasteiger partial charge in [-0.25, -0.2) is 4.99 Å². The highest BCUT2D eigenvalue weighted by Gasteiger charge is 2.25. The third kappa shape index (κ3) is 7.70. The van der Waals surface area contributed by atoms with Crippen LogP contribution in [0, 0.1) is 5.92 Å². The second-order valence-electron chi connectivity index (χ2n) is 7.89. The molecule has 1 saturated carbocycles. The fourth-order valence-electron chi connectivity index (χ4n) is 3.57. The predicted molar refractivity (Wildman–Crippen MR) is 133 cm³/mol. The highest BCUT2D eigenvalue weighted by atomic mass is 127. The molecule has 1 amide bonds. The normalized spacial score (nSPS) is 18.7. The fourth-order valence-corrected chi connectivity index (χ4v) is 3.57. The third-order valence-electron chi connectivity index (χ3n) is 5.67. The fraction of sp³-hybridized carbons (Fsp3) is 0.636. The molecule has 0 spiro atoms. The van der Waals surface area contributed by atoms with E-state index >= 15 is 0 Å².